The molecule has 206 valence electrons. The van der Waals surface area contributed by atoms with Crippen LogP contribution in [0.15, 0.2) is 53.2 Å². The number of carboxylic acids is 1. The molecule has 15 heteroatoms. The van der Waals surface area contributed by atoms with E-state index in [1.54, 1.807) is 35.0 Å². The maximum absolute atomic E-state index is 13.6. The first kappa shape index (κ1) is 27.5. The highest BCUT2D eigenvalue weighted by atomic mass is 19.4. The summed E-state index contributed by atoms with van der Waals surface area (Å²) in [5, 5.41) is 15.3. The summed E-state index contributed by atoms with van der Waals surface area (Å²) >= 11 is 0. The van der Waals surface area contributed by atoms with Crippen LogP contribution in [-0.2, 0) is 22.3 Å². The minimum Gasteiger partial charge on any atom is -0.481 e. The summed E-state index contributed by atoms with van der Waals surface area (Å²) in [6, 6.07) is 8.93. The number of benzene rings is 2. The number of carbonyl (C=O) groups is 2. The van der Waals surface area contributed by atoms with E-state index in [0.29, 0.717) is 29.5 Å². The number of halogens is 6. The number of carboxylic acid groups (broad SMARTS) is 1. The molecule has 0 bridgehead atoms. The fourth-order valence-corrected chi connectivity index (χ4v) is 3.64. The molecule has 0 aliphatic carbocycles. The number of nitrogens with zero attached hydrogens (tertiary/aromatic N) is 3. The number of carbonyl (C=O) groups excluding carboxylic acids is 1. The van der Waals surface area contributed by atoms with Gasteiger partial charge in [0, 0.05) is 28.2 Å². The average Bonchev–Trinajstić information content (AvgIpc) is 3.49. The fourth-order valence-electron chi connectivity index (χ4n) is 3.64. The lowest BCUT2D eigenvalue weighted by molar-refractivity contribution is -0.191. The van der Waals surface area contributed by atoms with Crippen LogP contribution in [0.4, 0.5) is 26.3 Å². The Labute approximate surface area is 215 Å². The molecule has 4 aromatic rings. The Bertz CT molecular complexity index is 1530. The van der Waals surface area contributed by atoms with Crippen molar-refractivity contribution >= 4 is 22.8 Å². The number of aromatic nitrogens is 3. The van der Waals surface area contributed by atoms with Crippen molar-refractivity contribution in [2.75, 3.05) is 6.54 Å². The number of nitrogens with one attached hydrogen (secondary N) is 1. The van der Waals surface area contributed by atoms with Crippen molar-refractivity contribution in [1.82, 2.24) is 20.0 Å². The third-order valence-electron chi connectivity index (χ3n) is 5.53. The zero-order valence-electron chi connectivity index (χ0n) is 19.8. The second-order valence-corrected chi connectivity index (χ2v) is 8.29. The third kappa shape index (κ3) is 6.13. The van der Waals surface area contributed by atoms with Gasteiger partial charge in [-0.3, -0.25) is 9.59 Å². The highest BCUT2D eigenvalue weighted by molar-refractivity contribution is 5.94. The Morgan fingerprint density at radius 3 is 2.54 bits per heavy atom. The smallest absolute Gasteiger partial charge is 0.425 e. The van der Waals surface area contributed by atoms with E-state index in [9.17, 15) is 35.9 Å². The number of alkyl halides is 6. The zero-order chi connectivity index (χ0) is 28.5. The van der Waals surface area contributed by atoms with Crippen LogP contribution in [0.5, 0.6) is 5.75 Å². The topological polar surface area (TPSA) is 119 Å². The standard InChI is InChI=1S/C24H18F6N4O5/c1-12(23(25,26)27)38-18-6-5-13(9-16(18)24(28,29)30)22-32-21(33-39-22)15-3-2-4-17-14(15)7-8-34(17)11-19(35)31-10-20(36)37/h2-9,12H,10-11H2,1H3,(H,31,35)(H,36,37). The summed E-state index contributed by atoms with van der Waals surface area (Å²) in [6.45, 7) is -0.131. The van der Waals surface area contributed by atoms with Gasteiger partial charge in [-0.1, -0.05) is 17.3 Å². The van der Waals surface area contributed by atoms with E-state index in [-0.39, 0.29) is 23.8 Å². The van der Waals surface area contributed by atoms with Gasteiger partial charge in [-0.15, -0.1) is 0 Å². The Hall–Kier alpha value is -4.56. The zero-order valence-corrected chi connectivity index (χ0v) is 19.8. The molecule has 2 aromatic carbocycles. The normalized spacial score (nSPS) is 12.9. The molecule has 1 unspecified atom stereocenters. The van der Waals surface area contributed by atoms with Crippen molar-refractivity contribution in [3.8, 4) is 28.6 Å². The van der Waals surface area contributed by atoms with Crippen molar-refractivity contribution in [2.24, 2.45) is 0 Å². The van der Waals surface area contributed by atoms with Crippen LogP contribution in [0, 0.1) is 0 Å². The summed E-state index contributed by atoms with van der Waals surface area (Å²) in [7, 11) is 0. The predicted molar refractivity (Wildman–Crippen MR) is 122 cm³/mol. The highest BCUT2D eigenvalue weighted by Crippen LogP contribution is 2.40. The van der Waals surface area contributed by atoms with Crippen molar-refractivity contribution in [1.29, 1.82) is 0 Å². The van der Waals surface area contributed by atoms with Gasteiger partial charge in [-0.25, -0.2) is 0 Å². The second kappa shape index (κ2) is 10.3. The van der Waals surface area contributed by atoms with E-state index in [0.717, 1.165) is 12.1 Å². The van der Waals surface area contributed by atoms with Crippen LogP contribution in [0.2, 0.25) is 0 Å². The molecule has 0 saturated carbocycles. The van der Waals surface area contributed by atoms with Crippen LogP contribution >= 0.6 is 0 Å². The highest BCUT2D eigenvalue weighted by Gasteiger charge is 2.41. The number of hydrogen-bond acceptors (Lipinski definition) is 6. The minimum absolute atomic E-state index is 0.00302. The molecular weight excluding hydrogens is 538 g/mol. The lowest BCUT2D eigenvalue weighted by atomic mass is 10.1. The van der Waals surface area contributed by atoms with Gasteiger partial charge in [0.05, 0.1) is 5.56 Å². The van der Waals surface area contributed by atoms with Gasteiger partial charge in [0.15, 0.2) is 6.10 Å². The van der Waals surface area contributed by atoms with E-state index < -0.39 is 48.2 Å². The van der Waals surface area contributed by atoms with Gasteiger partial charge in [-0.2, -0.15) is 31.3 Å². The maximum atomic E-state index is 13.6. The molecule has 1 amide bonds. The summed E-state index contributed by atoms with van der Waals surface area (Å²) in [4.78, 5) is 26.8. The summed E-state index contributed by atoms with van der Waals surface area (Å²) in [5.74, 6) is -3.07. The largest absolute Gasteiger partial charge is 0.481 e. The average molecular weight is 556 g/mol. The maximum Gasteiger partial charge on any atom is 0.425 e. The molecular formula is C24H18F6N4O5. The van der Waals surface area contributed by atoms with Crippen LogP contribution in [0.1, 0.15) is 12.5 Å². The van der Waals surface area contributed by atoms with Gasteiger partial charge in [-0.05, 0) is 37.3 Å². The van der Waals surface area contributed by atoms with Gasteiger partial charge in [0.25, 0.3) is 5.89 Å². The first-order chi connectivity index (χ1) is 18.2. The molecule has 4 rings (SSSR count). The molecule has 0 fully saturated rings. The molecule has 39 heavy (non-hydrogen) atoms. The molecule has 0 spiro atoms. The van der Waals surface area contributed by atoms with E-state index in [4.69, 9.17) is 9.63 Å². The van der Waals surface area contributed by atoms with Crippen LogP contribution in [0.25, 0.3) is 33.7 Å². The van der Waals surface area contributed by atoms with E-state index in [1.165, 1.54) is 0 Å². The SMILES string of the molecule is CC(Oc1ccc(-c2nc(-c3cccc4c3ccn4CC(=O)NCC(=O)O)no2)cc1C(F)(F)F)C(F)(F)F. The monoisotopic (exact) mass is 556 g/mol. The number of amides is 1. The number of rotatable bonds is 8. The summed E-state index contributed by atoms with van der Waals surface area (Å²) < 4.78 is 90.6. The van der Waals surface area contributed by atoms with E-state index in [1.807, 2.05) is 0 Å². The van der Waals surface area contributed by atoms with Crippen molar-refractivity contribution in [2.45, 2.75) is 31.9 Å². The van der Waals surface area contributed by atoms with Crippen molar-refractivity contribution in [3.63, 3.8) is 0 Å². The Kier molecular flexibility index (Phi) is 7.26. The fraction of sp³-hybridized carbons (Fsp3) is 0.250. The molecule has 9 nitrogen and oxygen atoms in total. The third-order valence-corrected chi connectivity index (χ3v) is 5.53. The van der Waals surface area contributed by atoms with Gasteiger partial charge < -0.3 is 24.3 Å². The number of ether oxygens (including phenoxy) is 1. The van der Waals surface area contributed by atoms with E-state index in [2.05, 4.69) is 20.2 Å². The predicted octanol–water partition coefficient (Wildman–Crippen LogP) is 4.91. The molecule has 0 aliphatic heterocycles. The lowest BCUT2D eigenvalue weighted by Crippen LogP contribution is -2.31. The van der Waals surface area contributed by atoms with Gasteiger partial charge in [0.1, 0.15) is 18.8 Å². The molecule has 0 saturated heterocycles. The first-order valence-corrected chi connectivity index (χ1v) is 11.1. The van der Waals surface area contributed by atoms with Crippen molar-refractivity contribution in [3.05, 3.63) is 54.2 Å². The van der Waals surface area contributed by atoms with Crippen LogP contribution in [-0.4, -0.2) is 50.5 Å². The van der Waals surface area contributed by atoms with Gasteiger partial charge >= 0.3 is 18.3 Å². The molecule has 1 atom stereocenters. The minimum atomic E-state index is -5.04. The van der Waals surface area contributed by atoms with E-state index >= 15 is 0 Å². The molecule has 2 heterocycles. The Balaban J connectivity index is 1.64. The van der Waals surface area contributed by atoms with Gasteiger partial charge in [0.2, 0.25) is 11.7 Å². The van der Waals surface area contributed by atoms with Crippen molar-refractivity contribution < 1.29 is 50.3 Å². The first-order valence-electron chi connectivity index (χ1n) is 11.1. The summed E-state index contributed by atoms with van der Waals surface area (Å²) in [5.41, 5.74) is -0.671. The molecule has 2 N–H and O–H groups in total. The molecule has 0 aliphatic rings. The summed E-state index contributed by atoms with van der Waals surface area (Å²) in [6.07, 6.45) is -10.8. The number of aliphatic carboxylic acids is 1. The molecule has 2 aromatic heterocycles. The van der Waals surface area contributed by atoms with Crippen LogP contribution < -0.4 is 10.1 Å². The lowest BCUT2D eigenvalue weighted by Gasteiger charge is -2.20. The second-order valence-electron chi connectivity index (χ2n) is 8.29. The number of hydrogen-bond donors (Lipinski definition) is 2. The Morgan fingerprint density at radius 1 is 1.13 bits per heavy atom. The quantitative estimate of drug-likeness (QED) is 0.296. The van der Waals surface area contributed by atoms with Crippen LogP contribution in [0.3, 0.4) is 0 Å². The number of fused-ring (bicyclic) bond motifs is 1. The molecule has 0 radical (unpaired) electrons. The Morgan fingerprint density at radius 2 is 1.87 bits per heavy atom.